The summed E-state index contributed by atoms with van der Waals surface area (Å²) in [4.78, 5) is 38.2. The highest BCUT2D eigenvalue weighted by Crippen LogP contribution is 2.38. The van der Waals surface area contributed by atoms with Crippen LogP contribution in [0.4, 0.5) is 35.3 Å². The first-order chi connectivity index (χ1) is 16.6. The molecule has 2 bridgehead atoms. The number of hydrogen-bond acceptors (Lipinski definition) is 6. The fraction of sp³-hybridized carbons (Fsp3) is 0.409. The Kier molecular flexibility index (Phi) is 5.49. The number of H-pyrrole nitrogens is 1. The van der Waals surface area contributed by atoms with Crippen LogP contribution in [0.25, 0.3) is 11.0 Å². The third-order valence-corrected chi connectivity index (χ3v) is 6.26. The van der Waals surface area contributed by atoms with Gasteiger partial charge in [0.05, 0.1) is 17.1 Å². The van der Waals surface area contributed by atoms with Gasteiger partial charge in [-0.15, -0.1) is 0 Å². The Morgan fingerprint density at radius 3 is 2.77 bits per heavy atom. The van der Waals surface area contributed by atoms with Gasteiger partial charge in [-0.25, -0.2) is 14.8 Å². The number of hydrogen-bond donors (Lipinski definition) is 3. The van der Waals surface area contributed by atoms with Gasteiger partial charge in [-0.2, -0.15) is 18.3 Å². The van der Waals surface area contributed by atoms with Crippen molar-refractivity contribution in [2.75, 3.05) is 28.2 Å². The number of nitrogens with zero attached hydrogens (tertiary/aromatic N) is 5. The Morgan fingerprint density at radius 1 is 1.20 bits per heavy atom. The molecular weight excluding hydrogens is 465 g/mol. The second-order valence-electron chi connectivity index (χ2n) is 8.74. The van der Waals surface area contributed by atoms with Crippen molar-refractivity contribution < 1.29 is 22.8 Å². The minimum Gasteiger partial charge on any atom is -0.366 e. The summed E-state index contributed by atoms with van der Waals surface area (Å²) in [6.45, 7) is 4.04. The van der Waals surface area contributed by atoms with Gasteiger partial charge in [0.15, 0.2) is 17.3 Å². The number of nitrogens with one attached hydrogen (secondary N) is 3. The first-order valence-electron chi connectivity index (χ1n) is 11.2. The lowest BCUT2D eigenvalue weighted by molar-refractivity contribution is -0.149. The van der Waals surface area contributed by atoms with E-state index in [1.165, 1.54) is 11.0 Å². The van der Waals surface area contributed by atoms with Crippen LogP contribution in [0.2, 0.25) is 0 Å². The SMILES string of the molecule is Cc1ccc2c(NC(=O)N3c4nc(C(=O)N[C@H](C)C(F)(F)F)ccc4N4CCC[C@H]3C4)n[nH]c2n1. The molecule has 3 aromatic rings. The molecule has 2 aliphatic heterocycles. The number of pyridine rings is 2. The topological polar surface area (TPSA) is 119 Å². The number of piperidine rings is 1. The molecule has 10 nitrogen and oxygen atoms in total. The van der Waals surface area contributed by atoms with E-state index >= 15 is 0 Å². The Labute approximate surface area is 197 Å². The van der Waals surface area contributed by atoms with E-state index < -0.39 is 24.2 Å². The molecular formula is C22H23F3N8O2. The minimum absolute atomic E-state index is 0.205. The van der Waals surface area contributed by atoms with Crippen molar-refractivity contribution >= 4 is 40.3 Å². The molecule has 13 heteroatoms. The molecule has 3 aromatic heterocycles. The maximum absolute atomic E-state index is 13.5. The monoisotopic (exact) mass is 488 g/mol. The number of carbonyl (C=O) groups excluding carboxylic acids is 2. The number of amides is 3. The molecule has 0 aliphatic carbocycles. The maximum Gasteiger partial charge on any atom is 0.408 e. The molecule has 184 valence electrons. The van der Waals surface area contributed by atoms with Crippen LogP contribution in [0.5, 0.6) is 0 Å². The third kappa shape index (κ3) is 4.21. The van der Waals surface area contributed by atoms with E-state index in [0.29, 0.717) is 35.5 Å². The highest BCUT2D eigenvalue weighted by atomic mass is 19.4. The molecule has 1 fully saturated rings. The molecule has 0 aromatic carbocycles. The summed E-state index contributed by atoms with van der Waals surface area (Å²) in [6, 6.07) is 3.83. The number of fused-ring (bicyclic) bond motifs is 5. The maximum atomic E-state index is 13.5. The van der Waals surface area contributed by atoms with Crippen molar-refractivity contribution in [1.82, 2.24) is 25.5 Å². The van der Waals surface area contributed by atoms with Crippen LogP contribution in [0.3, 0.4) is 0 Å². The van der Waals surface area contributed by atoms with Crippen LogP contribution in [0.15, 0.2) is 24.3 Å². The van der Waals surface area contributed by atoms with E-state index in [2.05, 4.69) is 30.4 Å². The van der Waals surface area contributed by atoms with Crippen LogP contribution in [-0.2, 0) is 0 Å². The predicted octanol–water partition coefficient (Wildman–Crippen LogP) is 3.36. The lowest BCUT2D eigenvalue weighted by Gasteiger charge is -2.45. The van der Waals surface area contributed by atoms with Gasteiger partial charge in [0.25, 0.3) is 5.91 Å². The number of aromatic amines is 1. The zero-order valence-electron chi connectivity index (χ0n) is 19.0. The van der Waals surface area contributed by atoms with Crippen LogP contribution in [0.1, 0.15) is 35.9 Å². The number of alkyl halides is 3. The van der Waals surface area contributed by atoms with Crippen molar-refractivity contribution in [2.24, 2.45) is 0 Å². The Morgan fingerprint density at radius 2 is 2.00 bits per heavy atom. The smallest absolute Gasteiger partial charge is 0.366 e. The molecule has 0 spiro atoms. The van der Waals surface area contributed by atoms with Gasteiger partial charge in [0.2, 0.25) is 0 Å². The second kappa shape index (κ2) is 8.40. The number of aromatic nitrogens is 4. The zero-order chi connectivity index (χ0) is 24.9. The van der Waals surface area contributed by atoms with Gasteiger partial charge in [-0.1, -0.05) is 0 Å². The molecule has 3 amide bonds. The molecule has 1 saturated heterocycles. The number of anilines is 3. The van der Waals surface area contributed by atoms with Gasteiger partial charge in [-0.05, 0) is 51.0 Å². The largest absolute Gasteiger partial charge is 0.408 e. The predicted molar refractivity (Wildman–Crippen MR) is 123 cm³/mol. The summed E-state index contributed by atoms with van der Waals surface area (Å²) in [7, 11) is 0. The lowest BCUT2D eigenvalue weighted by atomic mass is 9.99. The fourth-order valence-electron chi connectivity index (χ4n) is 4.42. The quantitative estimate of drug-likeness (QED) is 0.520. The molecule has 5 rings (SSSR count). The number of carbonyl (C=O) groups is 2. The Balaban J connectivity index is 1.47. The van der Waals surface area contributed by atoms with Gasteiger partial charge < -0.3 is 10.2 Å². The molecule has 3 N–H and O–H groups in total. The Hall–Kier alpha value is -3.90. The summed E-state index contributed by atoms with van der Waals surface area (Å²) in [5, 5.41) is 12.3. The summed E-state index contributed by atoms with van der Waals surface area (Å²) in [5.74, 6) is -0.451. The first kappa shape index (κ1) is 22.9. The van der Waals surface area contributed by atoms with Crippen LogP contribution >= 0.6 is 0 Å². The van der Waals surface area contributed by atoms with Crippen molar-refractivity contribution in [3.05, 3.63) is 35.7 Å². The lowest BCUT2D eigenvalue weighted by Crippen LogP contribution is -2.56. The summed E-state index contributed by atoms with van der Waals surface area (Å²) >= 11 is 0. The van der Waals surface area contributed by atoms with E-state index in [1.54, 1.807) is 18.2 Å². The summed E-state index contributed by atoms with van der Waals surface area (Å²) < 4.78 is 38.8. The van der Waals surface area contributed by atoms with Gasteiger partial charge >= 0.3 is 12.2 Å². The average molecular weight is 488 g/mol. The minimum atomic E-state index is -4.59. The number of aryl methyl sites for hydroxylation is 1. The third-order valence-electron chi connectivity index (χ3n) is 6.26. The van der Waals surface area contributed by atoms with Crippen LogP contribution < -0.4 is 20.4 Å². The van der Waals surface area contributed by atoms with Gasteiger partial charge in [0.1, 0.15) is 11.7 Å². The summed E-state index contributed by atoms with van der Waals surface area (Å²) in [5.41, 5.74) is 1.75. The van der Waals surface area contributed by atoms with E-state index in [4.69, 9.17) is 0 Å². The molecule has 2 atom stereocenters. The molecule has 35 heavy (non-hydrogen) atoms. The Bertz CT molecular complexity index is 1310. The van der Waals surface area contributed by atoms with Gasteiger partial charge in [-0.3, -0.25) is 20.1 Å². The molecule has 5 heterocycles. The van der Waals surface area contributed by atoms with Gasteiger partial charge in [0, 0.05) is 18.8 Å². The van der Waals surface area contributed by atoms with E-state index in [9.17, 15) is 22.8 Å². The van der Waals surface area contributed by atoms with E-state index in [-0.39, 0.29) is 17.6 Å². The fourth-order valence-corrected chi connectivity index (χ4v) is 4.42. The van der Waals surface area contributed by atoms with Crippen molar-refractivity contribution in [3.63, 3.8) is 0 Å². The van der Waals surface area contributed by atoms with Crippen LogP contribution in [-0.4, -0.2) is 63.5 Å². The van der Waals surface area contributed by atoms with E-state index in [0.717, 1.165) is 25.6 Å². The number of urea groups is 1. The number of halogens is 3. The van der Waals surface area contributed by atoms with Crippen LogP contribution in [0, 0.1) is 6.92 Å². The van der Waals surface area contributed by atoms with Crippen molar-refractivity contribution in [1.29, 1.82) is 0 Å². The number of rotatable bonds is 3. The normalized spacial score (nSPS) is 18.3. The highest BCUT2D eigenvalue weighted by molar-refractivity contribution is 6.07. The second-order valence-corrected chi connectivity index (χ2v) is 8.74. The van der Waals surface area contributed by atoms with E-state index in [1.807, 2.05) is 12.2 Å². The molecule has 0 saturated carbocycles. The standard InChI is InChI=1S/C22H23F3N8O2/c1-11-5-6-14-17(26-11)30-31-18(14)29-21(35)33-13-4-3-9-32(10-13)16-8-7-15(28-19(16)33)20(34)27-12(2)22(23,24)25/h5-8,12-13H,3-4,9-10H2,1-2H3,(H,27,34)(H2,26,29,30,31,35)/t12-,13+/m1/s1. The molecule has 2 aliphatic rings. The highest BCUT2D eigenvalue weighted by Gasteiger charge is 2.40. The van der Waals surface area contributed by atoms with Crippen molar-refractivity contribution in [2.45, 2.75) is 44.9 Å². The molecule has 0 unspecified atom stereocenters. The first-order valence-corrected chi connectivity index (χ1v) is 11.2. The van der Waals surface area contributed by atoms with Crippen molar-refractivity contribution in [3.8, 4) is 0 Å². The molecule has 0 radical (unpaired) electrons. The average Bonchev–Trinajstić information content (AvgIpc) is 3.19. The zero-order valence-corrected chi connectivity index (χ0v) is 19.0. The summed E-state index contributed by atoms with van der Waals surface area (Å²) in [6.07, 6.45) is -3.01.